The van der Waals surface area contributed by atoms with Gasteiger partial charge >= 0.3 is 0 Å². The Morgan fingerprint density at radius 2 is 1.81 bits per heavy atom. The molecule has 3 saturated heterocycles. The van der Waals surface area contributed by atoms with Gasteiger partial charge in [-0.15, -0.1) is 0 Å². The van der Waals surface area contributed by atoms with Gasteiger partial charge in [0, 0.05) is 64.9 Å². The lowest BCUT2D eigenvalue weighted by Gasteiger charge is -2.36. The Morgan fingerprint density at radius 3 is 2.55 bits per heavy atom. The second-order valence-corrected chi connectivity index (χ2v) is 14.7. The lowest BCUT2D eigenvalue weighted by Crippen LogP contribution is -2.48. The number of nitrogens with one attached hydrogen (secondary N) is 3. The van der Waals surface area contributed by atoms with Gasteiger partial charge in [-0.05, 0) is 51.2 Å². The van der Waals surface area contributed by atoms with Crippen LogP contribution in [0.5, 0.6) is 0 Å². The van der Waals surface area contributed by atoms with Gasteiger partial charge in [0.1, 0.15) is 5.02 Å². The quantitative estimate of drug-likeness (QED) is 0.366. The van der Waals surface area contributed by atoms with E-state index in [-0.39, 0.29) is 21.9 Å². The highest BCUT2D eigenvalue weighted by molar-refractivity contribution is 7.92. The minimum absolute atomic E-state index is 0.0881. The molecule has 0 unspecified atom stereocenters. The smallest absolute Gasteiger partial charge is 0.236 e. The van der Waals surface area contributed by atoms with Crippen molar-refractivity contribution >= 4 is 44.8 Å². The Labute approximate surface area is 254 Å². The predicted octanol–water partition coefficient (Wildman–Crippen LogP) is 2.69. The Balaban J connectivity index is 1.12. The van der Waals surface area contributed by atoms with E-state index in [1.165, 1.54) is 6.20 Å². The average Bonchev–Trinajstić information content (AvgIpc) is 3.42. The average molecular weight is 619 g/mol. The van der Waals surface area contributed by atoms with Crippen LogP contribution in [-0.2, 0) is 14.6 Å². The van der Waals surface area contributed by atoms with Crippen LogP contribution in [-0.4, -0.2) is 116 Å². The van der Waals surface area contributed by atoms with Gasteiger partial charge < -0.3 is 25.8 Å². The van der Waals surface area contributed by atoms with Gasteiger partial charge in [-0.1, -0.05) is 23.7 Å². The Kier molecular flexibility index (Phi) is 10.2. The molecular formula is C29H43ClN8O3S. The number of anilines is 3. The monoisotopic (exact) mass is 618 g/mol. The molecular weight excluding hydrogens is 576 g/mol. The highest BCUT2D eigenvalue weighted by Crippen LogP contribution is 2.30. The SMILES string of the molecule is CC(C)S(=O)(=O)c1ccccc1Nc1nc(N[C@@H]2CCN(CC(=O)N3CCC(CN4CCNCC4)CC3)C2)ncc1Cl. The largest absolute Gasteiger partial charge is 0.350 e. The molecule has 3 fully saturated rings. The van der Waals surface area contributed by atoms with Crippen LogP contribution in [0.1, 0.15) is 33.1 Å². The van der Waals surface area contributed by atoms with Gasteiger partial charge in [-0.3, -0.25) is 9.69 Å². The van der Waals surface area contributed by atoms with E-state index in [4.69, 9.17) is 11.6 Å². The molecule has 0 radical (unpaired) electrons. The predicted molar refractivity (Wildman–Crippen MR) is 166 cm³/mol. The summed E-state index contributed by atoms with van der Waals surface area (Å²) in [6.07, 6.45) is 4.53. The van der Waals surface area contributed by atoms with E-state index in [9.17, 15) is 13.2 Å². The fraction of sp³-hybridized carbons (Fsp3) is 0.621. The van der Waals surface area contributed by atoms with Crippen molar-refractivity contribution in [3.63, 3.8) is 0 Å². The zero-order valence-corrected chi connectivity index (χ0v) is 26.1. The van der Waals surface area contributed by atoms with E-state index in [1.807, 2.05) is 4.90 Å². The van der Waals surface area contributed by atoms with Crippen LogP contribution >= 0.6 is 11.6 Å². The summed E-state index contributed by atoms with van der Waals surface area (Å²) in [5, 5.41) is 9.60. The fourth-order valence-corrected chi connectivity index (χ4v) is 7.26. The van der Waals surface area contributed by atoms with E-state index in [0.717, 1.165) is 78.2 Å². The number of halogens is 1. The van der Waals surface area contributed by atoms with Gasteiger partial charge in [-0.2, -0.15) is 4.98 Å². The molecule has 0 saturated carbocycles. The van der Waals surface area contributed by atoms with E-state index in [1.54, 1.807) is 38.1 Å². The molecule has 3 aliphatic rings. The molecule has 1 aromatic carbocycles. The molecule has 42 heavy (non-hydrogen) atoms. The van der Waals surface area contributed by atoms with Crippen molar-refractivity contribution in [3.05, 3.63) is 35.5 Å². The summed E-state index contributed by atoms with van der Waals surface area (Å²) in [5.41, 5.74) is 0.413. The van der Waals surface area contributed by atoms with Crippen molar-refractivity contribution < 1.29 is 13.2 Å². The Bertz CT molecular complexity index is 1330. The van der Waals surface area contributed by atoms with Gasteiger partial charge in [-0.25, -0.2) is 13.4 Å². The number of aromatic nitrogens is 2. The highest BCUT2D eigenvalue weighted by Gasteiger charge is 2.29. The van der Waals surface area contributed by atoms with E-state index in [0.29, 0.717) is 29.9 Å². The number of hydrogen-bond donors (Lipinski definition) is 3. The van der Waals surface area contributed by atoms with Crippen molar-refractivity contribution in [2.75, 3.05) is 76.1 Å². The number of nitrogens with zero attached hydrogens (tertiary/aromatic N) is 5. The number of sulfone groups is 1. The lowest BCUT2D eigenvalue weighted by molar-refractivity contribution is -0.133. The number of benzene rings is 1. The van der Waals surface area contributed by atoms with Crippen LogP contribution in [0.2, 0.25) is 5.02 Å². The van der Waals surface area contributed by atoms with Crippen LogP contribution in [0.25, 0.3) is 0 Å². The summed E-state index contributed by atoms with van der Waals surface area (Å²) >= 11 is 6.38. The summed E-state index contributed by atoms with van der Waals surface area (Å²) in [6.45, 7) is 12.5. The molecule has 3 N–H and O–H groups in total. The molecule has 230 valence electrons. The van der Waals surface area contributed by atoms with E-state index in [2.05, 4.69) is 35.7 Å². The maximum atomic E-state index is 13.1. The number of rotatable bonds is 10. The zero-order chi connectivity index (χ0) is 29.7. The third-order valence-electron chi connectivity index (χ3n) is 8.47. The van der Waals surface area contributed by atoms with Crippen molar-refractivity contribution in [1.82, 2.24) is 30.0 Å². The standard InChI is InChI=1S/C29H43ClN8O3S/c1-21(2)42(40,41)26-6-4-3-5-25(26)34-28-24(30)17-32-29(35-28)33-23-9-12-37(19-23)20-27(39)38-13-7-22(8-14-38)18-36-15-10-31-11-16-36/h3-6,17,21-23,31H,7-16,18-20H2,1-2H3,(H2,32,33,34,35)/t23-/m1/s1. The summed E-state index contributed by atoms with van der Waals surface area (Å²) in [7, 11) is -3.51. The molecule has 1 atom stereocenters. The minimum atomic E-state index is -3.51. The van der Waals surface area contributed by atoms with Crippen LogP contribution in [0.4, 0.5) is 17.5 Å². The molecule has 2 aromatic rings. The van der Waals surface area contributed by atoms with E-state index >= 15 is 0 Å². The third kappa shape index (κ3) is 7.71. The number of likely N-dealkylation sites (tertiary alicyclic amines) is 2. The number of amides is 1. The number of carbonyl (C=O) groups is 1. The molecule has 3 aliphatic heterocycles. The maximum Gasteiger partial charge on any atom is 0.236 e. The normalized spacial score (nSPS) is 21.1. The van der Waals surface area contributed by atoms with Crippen LogP contribution < -0.4 is 16.0 Å². The third-order valence-corrected chi connectivity index (χ3v) is 11.0. The molecule has 0 bridgehead atoms. The summed E-state index contributed by atoms with van der Waals surface area (Å²) < 4.78 is 25.7. The molecule has 1 aromatic heterocycles. The Hall–Kier alpha value is -2.51. The summed E-state index contributed by atoms with van der Waals surface area (Å²) in [5.74, 6) is 1.61. The zero-order valence-electron chi connectivity index (χ0n) is 24.6. The van der Waals surface area contributed by atoms with Gasteiger partial charge in [0.25, 0.3) is 0 Å². The second-order valence-electron chi connectivity index (χ2n) is 11.8. The fourth-order valence-electron chi connectivity index (χ4n) is 5.92. The first-order valence-corrected chi connectivity index (χ1v) is 16.9. The first kappa shape index (κ1) is 30.9. The lowest BCUT2D eigenvalue weighted by atomic mass is 9.96. The van der Waals surface area contributed by atoms with Crippen molar-refractivity contribution in [2.24, 2.45) is 5.92 Å². The van der Waals surface area contributed by atoms with Crippen LogP contribution in [0, 0.1) is 5.92 Å². The molecule has 5 rings (SSSR count). The molecule has 0 spiro atoms. The van der Waals surface area contributed by atoms with Gasteiger partial charge in [0.15, 0.2) is 15.7 Å². The molecule has 11 nitrogen and oxygen atoms in total. The van der Waals surface area contributed by atoms with E-state index < -0.39 is 15.1 Å². The number of hydrogen-bond acceptors (Lipinski definition) is 10. The van der Waals surface area contributed by atoms with Crippen molar-refractivity contribution in [3.8, 4) is 0 Å². The first-order chi connectivity index (χ1) is 20.2. The first-order valence-electron chi connectivity index (χ1n) is 15.0. The summed E-state index contributed by atoms with van der Waals surface area (Å²) in [4.78, 5) is 28.9. The number of piperazine rings is 1. The van der Waals surface area contributed by atoms with Crippen molar-refractivity contribution in [1.29, 1.82) is 0 Å². The molecule has 4 heterocycles. The number of carbonyl (C=O) groups excluding carboxylic acids is 1. The summed E-state index contributed by atoms with van der Waals surface area (Å²) in [6, 6.07) is 6.82. The van der Waals surface area contributed by atoms with Crippen LogP contribution in [0.3, 0.4) is 0 Å². The minimum Gasteiger partial charge on any atom is -0.350 e. The second kappa shape index (κ2) is 13.9. The van der Waals surface area contributed by atoms with Crippen molar-refractivity contribution in [2.45, 2.75) is 49.3 Å². The topological polar surface area (TPSA) is 123 Å². The highest BCUT2D eigenvalue weighted by atomic mass is 35.5. The van der Waals surface area contributed by atoms with Crippen LogP contribution in [0.15, 0.2) is 35.4 Å². The molecule has 13 heteroatoms. The van der Waals surface area contributed by atoms with Gasteiger partial charge in [0.2, 0.25) is 11.9 Å². The number of para-hydroxylation sites is 1. The maximum absolute atomic E-state index is 13.1. The van der Waals surface area contributed by atoms with Gasteiger partial charge in [0.05, 0.1) is 28.6 Å². The molecule has 1 amide bonds. The number of piperidine rings is 1. The molecule has 0 aliphatic carbocycles. The Morgan fingerprint density at radius 1 is 1.07 bits per heavy atom.